The number of oxazole rings is 1. The third-order valence-corrected chi connectivity index (χ3v) is 1.82. The predicted octanol–water partition coefficient (Wildman–Crippen LogP) is 1.75. The van der Waals surface area contributed by atoms with E-state index in [1.807, 2.05) is 6.07 Å². The summed E-state index contributed by atoms with van der Waals surface area (Å²) >= 11 is 0. The molecule has 1 aromatic carbocycles. The number of carboxylic acids is 1. The number of hydrogen-bond donors (Lipinski definition) is 2. The van der Waals surface area contributed by atoms with Crippen molar-refractivity contribution in [2.75, 3.05) is 0 Å². The van der Waals surface area contributed by atoms with Crippen LogP contribution in [0.4, 0.5) is 0 Å². The van der Waals surface area contributed by atoms with Crippen LogP contribution >= 0.6 is 0 Å². The first-order valence-electron chi connectivity index (χ1n) is 4.17. The number of carboxylic acid groups (broad SMARTS) is 1. The summed E-state index contributed by atoms with van der Waals surface area (Å²) in [6.07, 6.45) is 0. The zero-order chi connectivity index (χ0) is 10.8. The van der Waals surface area contributed by atoms with Crippen LogP contribution in [0.2, 0.25) is 0 Å². The van der Waals surface area contributed by atoms with Crippen molar-refractivity contribution in [1.29, 1.82) is 0 Å². The van der Waals surface area contributed by atoms with Gasteiger partial charge in [-0.1, -0.05) is 18.2 Å². The van der Waals surface area contributed by atoms with Gasteiger partial charge in [-0.05, 0) is 12.1 Å². The molecule has 0 atom stereocenters. The van der Waals surface area contributed by atoms with Gasteiger partial charge in [0.05, 0.1) is 0 Å². The number of benzene rings is 1. The molecule has 5 nitrogen and oxygen atoms in total. The first-order chi connectivity index (χ1) is 7.18. The zero-order valence-electron chi connectivity index (χ0n) is 7.54. The lowest BCUT2D eigenvalue weighted by atomic mass is 10.2. The van der Waals surface area contributed by atoms with Crippen LogP contribution in [0, 0.1) is 0 Å². The minimum absolute atomic E-state index is 0.0884. The van der Waals surface area contributed by atoms with Crippen LogP contribution in [0.5, 0.6) is 5.88 Å². The number of aromatic hydroxyl groups is 1. The molecule has 0 aliphatic rings. The maximum atomic E-state index is 10.6. The van der Waals surface area contributed by atoms with Gasteiger partial charge in [-0.3, -0.25) is 0 Å². The summed E-state index contributed by atoms with van der Waals surface area (Å²) in [7, 11) is 0. The van der Waals surface area contributed by atoms with Crippen LogP contribution in [0.15, 0.2) is 34.7 Å². The van der Waals surface area contributed by atoms with Gasteiger partial charge in [0.15, 0.2) is 0 Å². The number of hydrogen-bond acceptors (Lipinski definition) is 4. The average molecular weight is 205 g/mol. The summed E-state index contributed by atoms with van der Waals surface area (Å²) in [6, 6.07) is 8.74. The normalized spacial score (nSPS) is 10.1. The highest BCUT2D eigenvalue weighted by Gasteiger charge is 2.19. The Bertz CT molecular complexity index is 489. The number of rotatable bonds is 2. The fourth-order valence-electron chi connectivity index (χ4n) is 1.16. The molecule has 0 aliphatic carbocycles. The molecule has 0 spiro atoms. The largest absolute Gasteiger partial charge is 0.490 e. The molecule has 2 N–H and O–H groups in total. The smallest absolute Gasteiger partial charge is 0.377 e. The number of nitrogens with zero attached hydrogens (tertiary/aromatic N) is 1. The zero-order valence-corrected chi connectivity index (χ0v) is 7.54. The molecule has 0 unspecified atom stereocenters. The highest BCUT2D eigenvalue weighted by atomic mass is 16.4. The monoisotopic (exact) mass is 205 g/mol. The molecule has 0 bridgehead atoms. The Hall–Kier alpha value is -2.30. The average Bonchev–Trinajstić information content (AvgIpc) is 2.62. The first-order valence-corrected chi connectivity index (χ1v) is 4.17. The van der Waals surface area contributed by atoms with E-state index in [9.17, 15) is 9.90 Å². The Morgan fingerprint density at radius 1 is 1.27 bits per heavy atom. The molecule has 0 amide bonds. The quantitative estimate of drug-likeness (QED) is 0.780. The van der Waals surface area contributed by atoms with Gasteiger partial charge in [0, 0.05) is 5.56 Å². The standard InChI is InChI=1S/C10H7NO4/c12-8-7(10(13)14)15-9(11-8)6-4-2-1-3-5-6/h1-5,12H,(H,13,14). The van der Waals surface area contributed by atoms with E-state index in [2.05, 4.69) is 4.98 Å². The Labute approximate surface area is 84.6 Å². The predicted molar refractivity (Wildman–Crippen MR) is 50.6 cm³/mol. The maximum Gasteiger partial charge on any atom is 0.377 e. The molecule has 5 heteroatoms. The van der Waals surface area contributed by atoms with Crippen molar-refractivity contribution < 1.29 is 19.4 Å². The summed E-state index contributed by atoms with van der Waals surface area (Å²) in [6.45, 7) is 0. The minimum atomic E-state index is -1.35. The van der Waals surface area contributed by atoms with Gasteiger partial charge in [-0.15, -0.1) is 0 Å². The van der Waals surface area contributed by atoms with E-state index in [-0.39, 0.29) is 5.89 Å². The molecule has 15 heavy (non-hydrogen) atoms. The van der Waals surface area contributed by atoms with Crippen molar-refractivity contribution in [3.05, 3.63) is 36.1 Å². The second-order valence-corrected chi connectivity index (χ2v) is 2.84. The Balaban J connectivity index is 2.48. The SMILES string of the molecule is O=C(O)c1oc(-c2ccccc2)nc1O. The minimum Gasteiger partial charge on any atom is -0.490 e. The maximum absolute atomic E-state index is 10.6. The third-order valence-electron chi connectivity index (χ3n) is 1.82. The van der Waals surface area contributed by atoms with Crippen molar-refractivity contribution in [2.24, 2.45) is 0 Å². The molecule has 0 radical (unpaired) electrons. The van der Waals surface area contributed by atoms with Gasteiger partial charge >= 0.3 is 5.97 Å². The van der Waals surface area contributed by atoms with E-state index in [1.54, 1.807) is 24.3 Å². The van der Waals surface area contributed by atoms with Crippen LogP contribution < -0.4 is 0 Å². The highest BCUT2D eigenvalue weighted by molar-refractivity contribution is 5.87. The van der Waals surface area contributed by atoms with E-state index < -0.39 is 17.6 Å². The summed E-state index contributed by atoms with van der Waals surface area (Å²) in [4.78, 5) is 14.2. The summed E-state index contributed by atoms with van der Waals surface area (Å²) < 4.78 is 4.90. The Morgan fingerprint density at radius 3 is 2.47 bits per heavy atom. The fraction of sp³-hybridized carbons (Fsp3) is 0. The Morgan fingerprint density at radius 2 is 1.93 bits per heavy atom. The molecule has 1 heterocycles. The first kappa shape index (κ1) is 9.26. The Kier molecular flexibility index (Phi) is 2.13. The molecular weight excluding hydrogens is 198 g/mol. The van der Waals surface area contributed by atoms with Crippen molar-refractivity contribution in [2.45, 2.75) is 0 Å². The molecule has 1 aromatic heterocycles. The molecule has 0 saturated carbocycles. The van der Waals surface area contributed by atoms with Crippen LogP contribution in [0.3, 0.4) is 0 Å². The molecule has 0 fully saturated rings. The summed E-state index contributed by atoms with van der Waals surface area (Å²) in [5, 5.41) is 17.8. The van der Waals surface area contributed by atoms with E-state index >= 15 is 0 Å². The van der Waals surface area contributed by atoms with E-state index in [0.717, 1.165) is 0 Å². The second kappa shape index (κ2) is 3.45. The second-order valence-electron chi connectivity index (χ2n) is 2.84. The van der Waals surface area contributed by atoms with Gasteiger partial charge in [-0.25, -0.2) is 4.79 Å². The van der Waals surface area contributed by atoms with Gasteiger partial charge in [0.25, 0.3) is 11.6 Å². The van der Waals surface area contributed by atoms with E-state index in [4.69, 9.17) is 9.52 Å². The van der Waals surface area contributed by atoms with Crippen LogP contribution in [0.1, 0.15) is 10.6 Å². The summed E-state index contributed by atoms with van der Waals surface area (Å²) in [5.74, 6) is -2.41. The lowest BCUT2D eigenvalue weighted by Crippen LogP contribution is -1.92. The molecule has 0 aliphatic heterocycles. The van der Waals surface area contributed by atoms with Crippen molar-refractivity contribution in [1.82, 2.24) is 4.98 Å². The molecule has 76 valence electrons. The van der Waals surface area contributed by atoms with Gasteiger partial charge in [-0.2, -0.15) is 4.98 Å². The molecule has 0 saturated heterocycles. The summed E-state index contributed by atoms with van der Waals surface area (Å²) in [5.41, 5.74) is 0.611. The van der Waals surface area contributed by atoms with Crippen molar-refractivity contribution in [3.8, 4) is 17.3 Å². The van der Waals surface area contributed by atoms with E-state index in [0.29, 0.717) is 5.56 Å². The van der Waals surface area contributed by atoms with Gasteiger partial charge < -0.3 is 14.6 Å². The van der Waals surface area contributed by atoms with Crippen LogP contribution in [-0.4, -0.2) is 21.2 Å². The molecular formula is C10H7NO4. The van der Waals surface area contributed by atoms with Gasteiger partial charge in [0.2, 0.25) is 5.89 Å². The highest BCUT2D eigenvalue weighted by Crippen LogP contribution is 2.25. The van der Waals surface area contributed by atoms with Crippen molar-refractivity contribution in [3.63, 3.8) is 0 Å². The number of aromatic carboxylic acids is 1. The number of aromatic nitrogens is 1. The van der Waals surface area contributed by atoms with Gasteiger partial charge in [0.1, 0.15) is 0 Å². The number of carbonyl (C=O) groups is 1. The van der Waals surface area contributed by atoms with Crippen molar-refractivity contribution >= 4 is 5.97 Å². The van der Waals surface area contributed by atoms with E-state index in [1.165, 1.54) is 0 Å². The fourth-order valence-corrected chi connectivity index (χ4v) is 1.16. The topological polar surface area (TPSA) is 83.6 Å². The third kappa shape index (κ3) is 1.67. The molecule has 2 rings (SSSR count). The lowest BCUT2D eigenvalue weighted by molar-refractivity contribution is 0.0659. The van der Waals surface area contributed by atoms with Crippen LogP contribution in [-0.2, 0) is 0 Å². The lowest BCUT2D eigenvalue weighted by Gasteiger charge is -1.91. The van der Waals surface area contributed by atoms with Crippen LogP contribution in [0.25, 0.3) is 11.5 Å². The molecule has 2 aromatic rings.